The van der Waals surface area contributed by atoms with Crippen LogP contribution >= 0.6 is 11.3 Å². The zero-order valence-corrected chi connectivity index (χ0v) is 12.4. The molecule has 6 nitrogen and oxygen atoms in total. The SMILES string of the molecule is O=C(O)c1cc(S(=O)(=O)NC2CCN(C3CC3)C2)cs1. The highest BCUT2D eigenvalue weighted by Gasteiger charge is 2.36. The average molecular weight is 316 g/mol. The van der Waals surface area contributed by atoms with Gasteiger partial charge in [0, 0.05) is 30.6 Å². The normalized spacial score (nSPS) is 24.1. The van der Waals surface area contributed by atoms with Crippen LogP contribution < -0.4 is 4.72 Å². The lowest BCUT2D eigenvalue weighted by Gasteiger charge is -2.15. The fourth-order valence-electron chi connectivity index (χ4n) is 2.51. The number of carboxylic acids is 1. The number of rotatable bonds is 5. The second-order valence-electron chi connectivity index (χ2n) is 5.28. The lowest BCUT2D eigenvalue weighted by molar-refractivity contribution is 0.0702. The van der Waals surface area contributed by atoms with Crippen molar-refractivity contribution >= 4 is 27.3 Å². The first-order valence-corrected chi connectivity index (χ1v) is 8.90. The molecule has 0 aromatic carbocycles. The minimum atomic E-state index is -3.61. The third kappa shape index (κ3) is 2.88. The van der Waals surface area contributed by atoms with E-state index in [1.54, 1.807) is 0 Å². The summed E-state index contributed by atoms with van der Waals surface area (Å²) in [6.07, 6.45) is 3.24. The Bertz CT molecular complexity index is 621. The summed E-state index contributed by atoms with van der Waals surface area (Å²) in [5.74, 6) is -1.10. The maximum atomic E-state index is 12.2. The fourth-order valence-corrected chi connectivity index (χ4v) is 4.89. The molecular weight excluding hydrogens is 300 g/mol. The van der Waals surface area contributed by atoms with Gasteiger partial charge in [0.05, 0.1) is 4.90 Å². The Morgan fingerprint density at radius 1 is 1.40 bits per heavy atom. The first kappa shape index (κ1) is 14.0. The molecule has 110 valence electrons. The molecule has 2 aliphatic rings. The van der Waals surface area contributed by atoms with Gasteiger partial charge in [0.25, 0.3) is 0 Å². The maximum Gasteiger partial charge on any atom is 0.345 e. The Hall–Kier alpha value is -0.960. The van der Waals surface area contributed by atoms with Crippen molar-refractivity contribution < 1.29 is 18.3 Å². The van der Waals surface area contributed by atoms with Crippen molar-refractivity contribution in [3.8, 4) is 0 Å². The van der Waals surface area contributed by atoms with Crippen LogP contribution in [0.5, 0.6) is 0 Å². The van der Waals surface area contributed by atoms with Crippen LogP contribution in [0, 0.1) is 0 Å². The average Bonchev–Trinajstić information content (AvgIpc) is 2.91. The lowest BCUT2D eigenvalue weighted by atomic mass is 10.3. The molecule has 1 saturated carbocycles. The number of aromatic carboxylic acids is 1. The fraction of sp³-hybridized carbons (Fsp3) is 0.583. The van der Waals surface area contributed by atoms with Gasteiger partial charge in [0.1, 0.15) is 4.88 Å². The molecule has 8 heteroatoms. The van der Waals surface area contributed by atoms with Crippen LogP contribution in [0.15, 0.2) is 16.3 Å². The minimum Gasteiger partial charge on any atom is -0.477 e. The molecule has 20 heavy (non-hydrogen) atoms. The molecule has 1 aromatic rings. The summed E-state index contributed by atoms with van der Waals surface area (Å²) in [6, 6.07) is 1.78. The molecule has 0 spiro atoms. The standard InChI is InChI=1S/C12H16N2O4S2/c15-12(16)11-5-10(7-19-11)20(17,18)13-8-3-4-14(6-8)9-1-2-9/h5,7-9,13H,1-4,6H2,(H,15,16). The van der Waals surface area contributed by atoms with Gasteiger partial charge < -0.3 is 5.11 Å². The number of carboxylic acid groups (broad SMARTS) is 1. The van der Waals surface area contributed by atoms with Crippen molar-refractivity contribution in [2.75, 3.05) is 13.1 Å². The van der Waals surface area contributed by atoms with E-state index in [1.165, 1.54) is 24.3 Å². The molecule has 1 aliphatic carbocycles. The van der Waals surface area contributed by atoms with Crippen molar-refractivity contribution in [3.63, 3.8) is 0 Å². The molecule has 2 heterocycles. The van der Waals surface area contributed by atoms with E-state index in [2.05, 4.69) is 9.62 Å². The summed E-state index contributed by atoms with van der Waals surface area (Å²) in [5, 5.41) is 10.2. The monoisotopic (exact) mass is 316 g/mol. The molecule has 0 radical (unpaired) electrons. The van der Waals surface area contributed by atoms with E-state index in [0.29, 0.717) is 6.04 Å². The number of hydrogen-bond acceptors (Lipinski definition) is 5. The second-order valence-corrected chi connectivity index (χ2v) is 7.91. The van der Waals surface area contributed by atoms with E-state index < -0.39 is 16.0 Å². The van der Waals surface area contributed by atoms with Gasteiger partial charge in [-0.05, 0) is 25.3 Å². The molecule has 1 saturated heterocycles. The van der Waals surface area contributed by atoms with Crippen LogP contribution in [0.25, 0.3) is 0 Å². The number of thiophene rings is 1. The Kier molecular flexibility index (Phi) is 3.57. The molecule has 0 bridgehead atoms. The summed E-state index contributed by atoms with van der Waals surface area (Å²) in [5.41, 5.74) is 0. The summed E-state index contributed by atoms with van der Waals surface area (Å²) >= 11 is 0.929. The highest BCUT2D eigenvalue weighted by Crippen LogP contribution is 2.30. The van der Waals surface area contributed by atoms with Crippen LogP contribution in [0.1, 0.15) is 28.9 Å². The van der Waals surface area contributed by atoms with Crippen molar-refractivity contribution in [2.45, 2.75) is 36.2 Å². The predicted molar refractivity (Wildman–Crippen MR) is 74.6 cm³/mol. The maximum absolute atomic E-state index is 12.2. The van der Waals surface area contributed by atoms with Gasteiger partial charge >= 0.3 is 5.97 Å². The summed E-state index contributed by atoms with van der Waals surface area (Å²) in [6.45, 7) is 1.68. The highest BCUT2D eigenvalue weighted by atomic mass is 32.2. The first-order chi connectivity index (χ1) is 9.45. The van der Waals surface area contributed by atoms with Crippen LogP contribution in [0.3, 0.4) is 0 Å². The van der Waals surface area contributed by atoms with Crippen LogP contribution in [-0.2, 0) is 10.0 Å². The minimum absolute atomic E-state index is 0.0383. The number of nitrogens with zero attached hydrogens (tertiary/aromatic N) is 1. The lowest BCUT2D eigenvalue weighted by Crippen LogP contribution is -2.37. The van der Waals surface area contributed by atoms with E-state index in [4.69, 9.17) is 5.11 Å². The number of hydrogen-bond donors (Lipinski definition) is 2. The van der Waals surface area contributed by atoms with Crippen LogP contribution in [0.2, 0.25) is 0 Å². The summed E-state index contributed by atoms with van der Waals surface area (Å²) in [4.78, 5) is 13.2. The molecule has 1 aliphatic heterocycles. The largest absolute Gasteiger partial charge is 0.477 e. The number of sulfonamides is 1. The van der Waals surface area contributed by atoms with Gasteiger partial charge in [-0.2, -0.15) is 0 Å². The van der Waals surface area contributed by atoms with Crippen LogP contribution in [0.4, 0.5) is 0 Å². The summed E-state index contributed by atoms with van der Waals surface area (Å²) in [7, 11) is -3.61. The second kappa shape index (κ2) is 5.10. The van der Waals surface area contributed by atoms with E-state index in [9.17, 15) is 13.2 Å². The smallest absolute Gasteiger partial charge is 0.345 e. The molecule has 3 rings (SSSR count). The van der Waals surface area contributed by atoms with Crippen molar-refractivity contribution in [1.29, 1.82) is 0 Å². The van der Waals surface area contributed by atoms with Gasteiger partial charge in [-0.25, -0.2) is 17.9 Å². The molecular formula is C12H16N2O4S2. The highest BCUT2D eigenvalue weighted by molar-refractivity contribution is 7.89. The molecule has 1 atom stereocenters. The van der Waals surface area contributed by atoms with Crippen LogP contribution in [-0.4, -0.2) is 49.6 Å². The topological polar surface area (TPSA) is 86.7 Å². The first-order valence-electron chi connectivity index (χ1n) is 6.54. The van der Waals surface area contributed by atoms with E-state index in [-0.39, 0.29) is 15.8 Å². The van der Waals surface area contributed by atoms with Crippen molar-refractivity contribution in [3.05, 3.63) is 16.3 Å². The molecule has 2 fully saturated rings. The molecule has 0 amide bonds. The third-order valence-corrected chi connectivity index (χ3v) is 6.27. The number of nitrogens with one attached hydrogen (secondary N) is 1. The number of likely N-dealkylation sites (tertiary alicyclic amines) is 1. The quantitative estimate of drug-likeness (QED) is 0.845. The zero-order chi connectivity index (χ0) is 14.3. The molecule has 1 aromatic heterocycles. The predicted octanol–water partition coefficient (Wildman–Crippen LogP) is 0.961. The third-order valence-electron chi connectivity index (χ3n) is 3.70. The molecule has 1 unspecified atom stereocenters. The van der Waals surface area contributed by atoms with Crippen molar-refractivity contribution in [1.82, 2.24) is 9.62 Å². The number of carbonyl (C=O) groups is 1. The van der Waals surface area contributed by atoms with E-state index >= 15 is 0 Å². The summed E-state index contributed by atoms with van der Waals surface area (Å²) < 4.78 is 27.1. The zero-order valence-electron chi connectivity index (χ0n) is 10.8. The Morgan fingerprint density at radius 2 is 2.15 bits per heavy atom. The Balaban J connectivity index is 1.67. The Labute approximate surface area is 121 Å². The van der Waals surface area contributed by atoms with Gasteiger partial charge in [0.2, 0.25) is 10.0 Å². The molecule has 2 N–H and O–H groups in total. The Morgan fingerprint density at radius 3 is 2.75 bits per heavy atom. The van der Waals surface area contributed by atoms with Gasteiger partial charge in [0.15, 0.2) is 0 Å². The van der Waals surface area contributed by atoms with E-state index in [1.807, 2.05) is 0 Å². The van der Waals surface area contributed by atoms with Gasteiger partial charge in [-0.15, -0.1) is 11.3 Å². The van der Waals surface area contributed by atoms with E-state index in [0.717, 1.165) is 30.8 Å². The van der Waals surface area contributed by atoms with Gasteiger partial charge in [-0.1, -0.05) is 0 Å². The van der Waals surface area contributed by atoms with Crippen molar-refractivity contribution in [2.24, 2.45) is 0 Å². The van der Waals surface area contributed by atoms with Gasteiger partial charge in [-0.3, -0.25) is 4.90 Å².